The number of H-pyrrole nitrogens is 1. The predicted molar refractivity (Wildman–Crippen MR) is 106 cm³/mol. The maximum atomic E-state index is 11.2. The largest absolute Gasteiger partial charge is 0.378 e. The molecule has 1 aliphatic rings. The van der Waals surface area contributed by atoms with Gasteiger partial charge in [-0.3, -0.25) is 10.0 Å². The van der Waals surface area contributed by atoms with Crippen molar-refractivity contribution in [3.8, 4) is 0 Å². The smallest absolute Gasteiger partial charge is 0.267 e. The molecule has 1 saturated heterocycles. The average Bonchev–Trinajstić information content (AvgIpc) is 3.25. The highest BCUT2D eigenvalue weighted by atomic mass is 16.5. The lowest BCUT2D eigenvalue weighted by molar-refractivity contribution is -0.124. The third kappa shape index (κ3) is 4.30. The van der Waals surface area contributed by atoms with Crippen molar-refractivity contribution in [1.82, 2.24) is 26.4 Å². The summed E-state index contributed by atoms with van der Waals surface area (Å²) in [7, 11) is 4.08. The zero-order valence-corrected chi connectivity index (χ0v) is 16.2. The monoisotopic (exact) mass is 372 g/mol. The predicted octanol–water partition coefficient (Wildman–Crippen LogP) is 1.69. The molecule has 2 aromatic rings. The first-order chi connectivity index (χ1) is 12.9. The van der Waals surface area contributed by atoms with Gasteiger partial charge in [-0.2, -0.15) is 5.53 Å². The van der Waals surface area contributed by atoms with Crippen molar-refractivity contribution in [2.24, 2.45) is 5.92 Å². The Morgan fingerprint density at radius 1 is 1.37 bits per heavy atom. The van der Waals surface area contributed by atoms with Crippen LogP contribution in [0.3, 0.4) is 0 Å². The fourth-order valence-electron chi connectivity index (χ4n) is 3.47. The van der Waals surface area contributed by atoms with Crippen molar-refractivity contribution < 1.29 is 10.0 Å². The number of hydroxylamine groups is 1. The van der Waals surface area contributed by atoms with Gasteiger partial charge in [0.1, 0.15) is 0 Å². The van der Waals surface area contributed by atoms with Gasteiger partial charge in [0.25, 0.3) is 5.91 Å². The van der Waals surface area contributed by atoms with E-state index in [1.54, 1.807) is 11.6 Å². The zero-order valence-electron chi connectivity index (χ0n) is 16.2. The summed E-state index contributed by atoms with van der Waals surface area (Å²) < 4.78 is 0. The first kappa shape index (κ1) is 19.4. The van der Waals surface area contributed by atoms with Crippen LogP contribution in [0.5, 0.6) is 0 Å². The number of carbonyl (C=O) groups is 1. The quantitative estimate of drug-likeness (QED) is 0.301. The summed E-state index contributed by atoms with van der Waals surface area (Å²) in [5, 5.41) is 11.9. The Balaban J connectivity index is 1.81. The second kappa shape index (κ2) is 8.10. The molecule has 0 bridgehead atoms. The van der Waals surface area contributed by atoms with E-state index in [4.69, 9.17) is 5.21 Å². The molecule has 1 aliphatic heterocycles. The summed E-state index contributed by atoms with van der Waals surface area (Å²) in [5.74, 6) is -0.174. The van der Waals surface area contributed by atoms with Crippen molar-refractivity contribution in [3.63, 3.8) is 0 Å². The van der Waals surface area contributed by atoms with Crippen LogP contribution in [0.25, 0.3) is 10.9 Å². The lowest BCUT2D eigenvalue weighted by Gasteiger charge is -2.29. The number of carbonyl (C=O) groups excluding carboxylic acids is 1. The van der Waals surface area contributed by atoms with Gasteiger partial charge in [-0.15, -0.1) is 0 Å². The van der Waals surface area contributed by atoms with Crippen molar-refractivity contribution in [3.05, 3.63) is 42.1 Å². The summed E-state index contributed by atoms with van der Waals surface area (Å²) in [6.45, 7) is 5.06. The Bertz CT molecular complexity index is 829. The number of anilines is 1. The molecule has 0 saturated carbocycles. The molecule has 0 radical (unpaired) electrons. The molecule has 1 aromatic carbocycles. The third-order valence-electron chi connectivity index (χ3n) is 4.80. The maximum Gasteiger partial charge on any atom is 0.267 e. The molecular formula is C19H28N6O2. The van der Waals surface area contributed by atoms with Gasteiger partial charge in [0.2, 0.25) is 0 Å². The number of amides is 1. The number of rotatable bonds is 6. The number of hydrogen-bond acceptors (Lipinski definition) is 6. The zero-order chi connectivity index (χ0) is 19.6. The van der Waals surface area contributed by atoms with E-state index in [1.807, 2.05) is 14.1 Å². The van der Waals surface area contributed by atoms with Crippen LogP contribution >= 0.6 is 0 Å². The van der Waals surface area contributed by atoms with E-state index >= 15 is 0 Å². The van der Waals surface area contributed by atoms with E-state index in [2.05, 4.69) is 64.0 Å². The molecule has 2 heterocycles. The molecular weight excluding hydrogens is 344 g/mol. The van der Waals surface area contributed by atoms with Crippen LogP contribution in [0.4, 0.5) is 5.69 Å². The second-order valence-corrected chi connectivity index (χ2v) is 7.43. The number of nitrogens with one attached hydrogen (secondary N) is 4. The normalized spacial score (nSPS) is 19.3. The van der Waals surface area contributed by atoms with E-state index in [-0.39, 0.29) is 12.1 Å². The van der Waals surface area contributed by atoms with Gasteiger partial charge in [0.05, 0.1) is 12.1 Å². The fraction of sp³-hybridized carbons (Fsp3) is 0.421. The Labute approximate surface area is 159 Å². The van der Waals surface area contributed by atoms with Crippen molar-refractivity contribution in [2.75, 3.05) is 25.5 Å². The molecule has 1 fully saturated rings. The highest BCUT2D eigenvalue weighted by Gasteiger charge is 2.31. The molecule has 0 spiro atoms. The number of nitrogens with zero attached hydrogens (tertiary/aromatic N) is 2. The fourth-order valence-corrected chi connectivity index (χ4v) is 3.47. The molecule has 2 atom stereocenters. The maximum absolute atomic E-state index is 11.2. The van der Waals surface area contributed by atoms with Gasteiger partial charge in [0, 0.05) is 49.0 Å². The van der Waals surface area contributed by atoms with Crippen LogP contribution < -0.4 is 21.3 Å². The van der Waals surface area contributed by atoms with Gasteiger partial charge in [0.15, 0.2) is 0 Å². The topological polar surface area (TPSA) is 95.7 Å². The molecule has 3 rings (SSSR count). The van der Waals surface area contributed by atoms with Crippen molar-refractivity contribution >= 4 is 22.5 Å². The summed E-state index contributed by atoms with van der Waals surface area (Å²) in [5.41, 5.74) is 11.4. The minimum Gasteiger partial charge on any atom is -0.378 e. The van der Waals surface area contributed by atoms with Crippen molar-refractivity contribution in [2.45, 2.75) is 25.9 Å². The Hall–Kier alpha value is -2.39. The van der Waals surface area contributed by atoms with E-state index in [0.717, 1.165) is 11.2 Å². The Morgan fingerprint density at radius 2 is 2.15 bits per heavy atom. The summed E-state index contributed by atoms with van der Waals surface area (Å²) in [6, 6.07) is 8.71. The summed E-state index contributed by atoms with van der Waals surface area (Å²) >= 11 is 0. The number of benzene rings is 1. The van der Waals surface area contributed by atoms with E-state index in [0.29, 0.717) is 12.5 Å². The average molecular weight is 372 g/mol. The lowest BCUT2D eigenvalue weighted by Crippen LogP contribution is -2.41. The standard InChI is InChI=1S/C19H28N6O2/c1-12(2)19(25-11-14(21-23-25)5-8-18(26)22-27)17-10-13-9-15(24(3)4)6-7-16(13)20-17/h5-10,12,14,19-21,23,27H,11H2,1-4H3,(H,22,26). The Morgan fingerprint density at radius 3 is 2.81 bits per heavy atom. The molecule has 146 valence electrons. The van der Waals surface area contributed by atoms with Gasteiger partial charge in [-0.25, -0.2) is 15.9 Å². The molecule has 5 N–H and O–H groups in total. The third-order valence-corrected chi connectivity index (χ3v) is 4.80. The van der Waals surface area contributed by atoms with Gasteiger partial charge < -0.3 is 9.88 Å². The van der Waals surface area contributed by atoms with E-state index < -0.39 is 5.91 Å². The highest BCUT2D eigenvalue weighted by Crippen LogP contribution is 2.31. The number of hydrogen-bond donors (Lipinski definition) is 5. The minimum atomic E-state index is -0.539. The lowest BCUT2D eigenvalue weighted by atomic mass is 10.00. The molecule has 8 heteroatoms. The van der Waals surface area contributed by atoms with E-state index in [1.165, 1.54) is 17.1 Å². The van der Waals surface area contributed by atoms with Crippen molar-refractivity contribution in [1.29, 1.82) is 0 Å². The van der Waals surface area contributed by atoms with Crippen LogP contribution in [0.1, 0.15) is 25.6 Å². The first-order valence-electron chi connectivity index (χ1n) is 9.09. The number of fused-ring (bicyclic) bond motifs is 1. The van der Waals surface area contributed by atoms with Gasteiger partial charge in [-0.05, 0) is 30.2 Å². The number of aromatic amines is 1. The number of hydrazine groups is 2. The summed E-state index contributed by atoms with van der Waals surface area (Å²) in [6.07, 6.45) is 3.05. The van der Waals surface area contributed by atoms with Gasteiger partial charge in [-0.1, -0.05) is 19.9 Å². The molecule has 0 aliphatic carbocycles. The van der Waals surface area contributed by atoms with Gasteiger partial charge >= 0.3 is 0 Å². The molecule has 1 amide bonds. The van der Waals surface area contributed by atoms with Crippen LogP contribution in [0, 0.1) is 5.92 Å². The first-order valence-corrected chi connectivity index (χ1v) is 9.09. The second-order valence-electron chi connectivity index (χ2n) is 7.43. The minimum absolute atomic E-state index is 0.0340. The molecule has 27 heavy (non-hydrogen) atoms. The van der Waals surface area contributed by atoms with Crippen LogP contribution in [-0.4, -0.2) is 47.8 Å². The van der Waals surface area contributed by atoms with Crippen LogP contribution in [0.2, 0.25) is 0 Å². The molecule has 2 unspecified atom stereocenters. The number of aromatic nitrogens is 1. The molecule has 1 aromatic heterocycles. The highest BCUT2D eigenvalue weighted by molar-refractivity contribution is 5.86. The van der Waals surface area contributed by atoms with E-state index in [9.17, 15) is 4.79 Å². The summed E-state index contributed by atoms with van der Waals surface area (Å²) in [4.78, 5) is 16.8. The van der Waals surface area contributed by atoms with Crippen LogP contribution in [-0.2, 0) is 4.79 Å². The SMILES string of the molecule is CC(C)C(c1cc2cc(N(C)C)ccc2[nH]1)N1CC(C=CC(=O)NO)NN1. The van der Waals surface area contributed by atoms with Crippen LogP contribution in [0.15, 0.2) is 36.4 Å². The Kier molecular flexibility index (Phi) is 5.81. The molecule has 8 nitrogen and oxygen atoms in total.